The van der Waals surface area contributed by atoms with Gasteiger partial charge in [0.15, 0.2) is 0 Å². The number of benzene rings is 2. The zero-order valence-corrected chi connectivity index (χ0v) is 18.6. The van der Waals surface area contributed by atoms with Crippen LogP contribution in [0.2, 0.25) is 0 Å². The second-order valence-corrected chi connectivity index (χ2v) is 7.77. The van der Waals surface area contributed by atoms with Crippen molar-refractivity contribution >= 4 is 23.5 Å². The molecule has 1 aliphatic rings. The van der Waals surface area contributed by atoms with Crippen LogP contribution in [0.4, 0.5) is 10.1 Å². The Kier molecular flexibility index (Phi) is 6.81. The van der Waals surface area contributed by atoms with Crippen LogP contribution in [0, 0.1) is 18.7 Å². The molecule has 0 radical (unpaired) electrons. The molecule has 2 amide bonds. The van der Waals surface area contributed by atoms with Gasteiger partial charge >= 0.3 is 5.97 Å². The number of hydrogen-bond donors (Lipinski definition) is 1. The van der Waals surface area contributed by atoms with Crippen LogP contribution in [0.15, 0.2) is 42.5 Å². The van der Waals surface area contributed by atoms with E-state index < -0.39 is 35.1 Å². The summed E-state index contributed by atoms with van der Waals surface area (Å²) in [5.74, 6) is -2.32. The van der Waals surface area contributed by atoms with Gasteiger partial charge in [0.25, 0.3) is 5.91 Å². The number of nitrogens with zero attached hydrogens (tertiary/aromatic N) is 1. The van der Waals surface area contributed by atoms with E-state index in [1.165, 1.54) is 24.3 Å². The van der Waals surface area contributed by atoms with E-state index in [2.05, 4.69) is 5.32 Å². The third-order valence-electron chi connectivity index (χ3n) is 5.80. The molecule has 3 rings (SSSR count). The highest BCUT2D eigenvalue weighted by Gasteiger charge is 2.63. The molecule has 7 nitrogen and oxygen atoms in total. The molecule has 8 heteroatoms. The zero-order chi connectivity index (χ0) is 23.5. The number of nitrogens with one attached hydrogen (secondary N) is 1. The minimum atomic E-state index is -1.90. The third-order valence-corrected chi connectivity index (χ3v) is 5.80. The molecule has 170 valence electrons. The van der Waals surface area contributed by atoms with Crippen molar-refractivity contribution in [2.45, 2.75) is 39.3 Å². The summed E-state index contributed by atoms with van der Waals surface area (Å²) in [4.78, 5) is 40.9. The Balaban J connectivity index is 1.99. The third kappa shape index (κ3) is 4.04. The molecule has 1 aliphatic heterocycles. The normalized spacial score (nSPS) is 20.2. The zero-order valence-electron chi connectivity index (χ0n) is 18.6. The van der Waals surface area contributed by atoms with Crippen molar-refractivity contribution in [3.63, 3.8) is 0 Å². The molecule has 0 spiro atoms. The topological polar surface area (TPSA) is 84.9 Å². The van der Waals surface area contributed by atoms with Crippen molar-refractivity contribution < 1.29 is 28.2 Å². The van der Waals surface area contributed by atoms with Crippen molar-refractivity contribution in [2.24, 2.45) is 5.92 Å². The highest BCUT2D eigenvalue weighted by molar-refractivity contribution is 6.20. The summed E-state index contributed by atoms with van der Waals surface area (Å²) in [7, 11) is 1.57. The smallest absolute Gasteiger partial charge is 0.342 e. The summed E-state index contributed by atoms with van der Waals surface area (Å²) in [5.41, 5.74) is 0.0968. The molecule has 0 saturated carbocycles. The Morgan fingerprint density at radius 3 is 2.50 bits per heavy atom. The van der Waals surface area contributed by atoms with E-state index in [0.29, 0.717) is 5.75 Å². The van der Waals surface area contributed by atoms with E-state index in [0.717, 1.165) is 16.0 Å². The first-order valence-corrected chi connectivity index (χ1v) is 10.4. The standard InChI is InChI=1S/C24H27FN2O5/c1-5-32-23(30)24(22(29)26-14-17-6-11-20(31-4)12-15(17)2)16(3)13-21(28)27(24)19-9-7-18(25)8-10-19/h6-12,16H,5,13-14H2,1-4H3,(H,26,29). The van der Waals surface area contributed by atoms with E-state index in [9.17, 15) is 18.8 Å². The lowest BCUT2D eigenvalue weighted by Crippen LogP contribution is -2.65. The van der Waals surface area contributed by atoms with E-state index in [-0.39, 0.29) is 25.3 Å². The van der Waals surface area contributed by atoms with Gasteiger partial charge in [-0.25, -0.2) is 9.18 Å². The molecule has 0 aromatic heterocycles. The number of methoxy groups -OCH3 is 1. The van der Waals surface area contributed by atoms with Gasteiger partial charge in [0, 0.05) is 24.6 Å². The van der Waals surface area contributed by atoms with E-state index >= 15 is 0 Å². The maximum absolute atomic E-state index is 13.6. The van der Waals surface area contributed by atoms with E-state index in [1.807, 2.05) is 19.1 Å². The first kappa shape index (κ1) is 23.2. The number of ether oxygens (including phenoxy) is 2. The van der Waals surface area contributed by atoms with Crippen molar-refractivity contribution in [3.8, 4) is 5.75 Å². The molecular weight excluding hydrogens is 415 g/mol. The van der Waals surface area contributed by atoms with Crippen LogP contribution in [-0.4, -0.2) is 37.0 Å². The quantitative estimate of drug-likeness (QED) is 0.526. The fourth-order valence-corrected chi connectivity index (χ4v) is 4.11. The molecule has 32 heavy (non-hydrogen) atoms. The van der Waals surface area contributed by atoms with Crippen LogP contribution in [0.5, 0.6) is 5.75 Å². The van der Waals surface area contributed by atoms with Crippen molar-refractivity contribution in [1.29, 1.82) is 0 Å². The predicted molar refractivity (Wildman–Crippen MR) is 117 cm³/mol. The van der Waals surface area contributed by atoms with Crippen LogP contribution >= 0.6 is 0 Å². The minimum Gasteiger partial charge on any atom is -0.497 e. The number of carbonyl (C=O) groups is 3. The summed E-state index contributed by atoms with van der Waals surface area (Å²) >= 11 is 0. The molecule has 0 bridgehead atoms. The lowest BCUT2D eigenvalue weighted by Gasteiger charge is -2.37. The number of hydrogen-bond acceptors (Lipinski definition) is 5. The van der Waals surface area contributed by atoms with Gasteiger partial charge in [-0.3, -0.25) is 14.5 Å². The van der Waals surface area contributed by atoms with Crippen LogP contribution < -0.4 is 15.0 Å². The average Bonchev–Trinajstić information content (AvgIpc) is 3.04. The molecule has 2 unspecified atom stereocenters. The van der Waals surface area contributed by atoms with Crippen LogP contribution in [0.25, 0.3) is 0 Å². The predicted octanol–water partition coefficient (Wildman–Crippen LogP) is 3.13. The van der Waals surface area contributed by atoms with Crippen LogP contribution in [-0.2, 0) is 25.7 Å². The summed E-state index contributed by atoms with van der Waals surface area (Å²) in [6, 6.07) is 10.6. The summed E-state index contributed by atoms with van der Waals surface area (Å²) in [6.07, 6.45) is -0.0226. The Labute approximate surface area is 186 Å². The summed E-state index contributed by atoms with van der Waals surface area (Å²) in [6.45, 7) is 5.37. The Hall–Kier alpha value is -3.42. The second kappa shape index (κ2) is 9.38. The number of esters is 1. The van der Waals surface area contributed by atoms with Gasteiger partial charge in [-0.05, 0) is 61.4 Å². The highest BCUT2D eigenvalue weighted by atomic mass is 19.1. The first-order chi connectivity index (χ1) is 15.2. The number of carbonyl (C=O) groups excluding carboxylic acids is 3. The van der Waals surface area contributed by atoms with Gasteiger partial charge in [-0.2, -0.15) is 0 Å². The molecule has 2 atom stereocenters. The molecule has 2 aromatic rings. The number of halogens is 1. The molecule has 1 saturated heterocycles. The molecule has 2 aromatic carbocycles. The number of amides is 2. The van der Waals surface area contributed by atoms with E-state index in [1.54, 1.807) is 27.0 Å². The maximum Gasteiger partial charge on any atom is 0.342 e. The van der Waals surface area contributed by atoms with Crippen LogP contribution in [0.1, 0.15) is 31.4 Å². The fraction of sp³-hybridized carbons (Fsp3) is 0.375. The fourth-order valence-electron chi connectivity index (χ4n) is 4.11. The summed E-state index contributed by atoms with van der Waals surface area (Å²) in [5, 5.41) is 2.81. The monoisotopic (exact) mass is 442 g/mol. The van der Waals surface area contributed by atoms with Gasteiger partial charge < -0.3 is 14.8 Å². The van der Waals surface area contributed by atoms with Gasteiger partial charge in [0.2, 0.25) is 11.4 Å². The molecular formula is C24H27FN2O5. The lowest BCUT2D eigenvalue weighted by molar-refractivity contribution is -0.156. The Morgan fingerprint density at radius 1 is 1.22 bits per heavy atom. The maximum atomic E-state index is 13.6. The Bertz CT molecular complexity index is 1020. The van der Waals surface area contributed by atoms with Gasteiger partial charge in [0.1, 0.15) is 11.6 Å². The largest absolute Gasteiger partial charge is 0.497 e. The van der Waals surface area contributed by atoms with Crippen molar-refractivity contribution in [3.05, 3.63) is 59.4 Å². The van der Waals surface area contributed by atoms with Crippen LogP contribution in [0.3, 0.4) is 0 Å². The first-order valence-electron chi connectivity index (χ1n) is 10.4. The molecule has 1 heterocycles. The SMILES string of the molecule is CCOC(=O)C1(C(=O)NCc2ccc(OC)cc2C)C(C)CC(=O)N1c1ccc(F)cc1. The molecule has 0 aliphatic carbocycles. The number of rotatable bonds is 7. The van der Waals surface area contributed by atoms with E-state index in [4.69, 9.17) is 9.47 Å². The van der Waals surface area contributed by atoms with Gasteiger partial charge in [0.05, 0.1) is 13.7 Å². The lowest BCUT2D eigenvalue weighted by atomic mass is 9.84. The summed E-state index contributed by atoms with van der Waals surface area (Å²) < 4.78 is 24.0. The highest BCUT2D eigenvalue weighted by Crippen LogP contribution is 2.41. The Morgan fingerprint density at radius 2 is 1.91 bits per heavy atom. The minimum absolute atomic E-state index is 0.0226. The molecule has 1 N–H and O–H groups in total. The number of aryl methyl sites for hydroxylation is 1. The number of anilines is 1. The average molecular weight is 442 g/mol. The van der Waals surface area contributed by atoms with Gasteiger partial charge in [-0.1, -0.05) is 13.0 Å². The van der Waals surface area contributed by atoms with Crippen molar-refractivity contribution in [1.82, 2.24) is 5.32 Å². The second-order valence-electron chi connectivity index (χ2n) is 7.77. The molecule has 1 fully saturated rings. The van der Waals surface area contributed by atoms with Crippen molar-refractivity contribution in [2.75, 3.05) is 18.6 Å². The van der Waals surface area contributed by atoms with Gasteiger partial charge in [-0.15, -0.1) is 0 Å².